The second-order valence-electron chi connectivity index (χ2n) is 3.74. The van der Waals surface area contributed by atoms with E-state index in [1.54, 1.807) is 18.2 Å². The number of benzene rings is 1. The van der Waals surface area contributed by atoms with Crippen molar-refractivity contribution in [2.75, 3.05) is 24.2 Å². The molecule has 0 amide bonds. The van der Waals surface area contributed by atoms with E-state index in [1.165, 1.54) is 6.92 Å². The molecule has 15 heavy (non-hydrogen) atoms. The highest BCUT2D eigenvalue weighted by molar-refractivity contribution is 6.31. The summed E-state index contributed by atoms with van der Waals surface area (Å²) in [4.78, 5) is 0. The smallest absolute Gasteiger partial charge is 0.102 e. The third-order valence-corrected chi connectivity index (χ3v) is 2.25. The van der Waals surface area contributed by atoms with E-state index in [-0.39, 0.29) is 13.2 Å². The van der Waals surface area contributed by atoms with Crippen LogP contribution in [0.5, 0.6) is 0 Å². The first kappa shape index (κ1) is 12.1. The van der Waals surface area contributed by atoms with Gasteiger partial charge in [0.1, 0.15) is 5.60 Å². The molecule has 5 N–H and O–H groups in total. The Morgan fingerprint density at radius 1 is 1.53 bits per heavy atom. The largest absolute Gasteiger partial charge is 0.397 e. The van der Waals surface area contributed by atoms with E-state index in [0.29, 0.717) is 16.4 Å². The molecule has 0 radical (unpaired) electrons. The van der Waals surface area contributed by atoms with Crippen LogP contribution in [0.2, 0.25) is 5.02 Å². The van der Waals surface area contributed by atoms with E-state index in [2.05, 4.69) is 5.32 Å². The van der Waals surface area contributed by atoms with Crippen LogP contribution in [0.3, 0.4) is 0 Å². The standard InChI is InChI=1S/C10H15ClN2O2/c1-10(15,6-14)5-13-9-4-7(11)2-3-8(9)12/h2-4,13-15H,5-6,12H2,1H3. The molecule has 0 saturated carbocycles. The lowest BCUT2D eigenvalue weighted by Gasteiger charge is -2.22. The highest BCUT2D eigenvalue weighted by atomic mass is 35.5. The normalized spacial score (nSPS) is 14.7. The Bertz CT molecular complexity index is 342. The number of aliphatic hydroxyl groups is 2. The maximum atomic E-state index is 9.56. The van der Waals surface area contributed by atoms with E-state index in [0.717, 1.165) is 0 Å². The number of nitrogen functional groups attached to an aromatic ring is 1. The van der Waals surface area contributed by atoms with Crippen LogP contribution in [0.15, 0.2) is 18.2 Å². The number of anilines is 2. The monoisotopic (exact) mass is 230 g/mol. The third kappa shape index (κ3) is 3.58. The Labute approximate surface area is 93.7 Å². The molecule has 1 rings (SSSR count). The molecule has 0 fully saturated rings. The number of halogens is 1. The van der Waals surface area contributed by atoms with Crippen molar-refractivity contribution < 1.29 is 10.2 Å². The summed E-state index contributed by atoms with van der Waals surface area (Å²) in [5, 5.41) is 21.9. The Kier molecular flexibility index (Phi) is 3.79. The zero-order chi connectivity index (χ0) is 11.5. The fraction of sp³-hybridized carbons (Fsp3) is 0.400. The summed E-state index contributed by atoms with van der Waals surface area (Å²) in [6, 6.07) is 5.04. The molecule has 0 saturated heterocycles. The molecule has 1 aromatic rings. The number of rotatable bonds is 4. The van der Waals surface area contributed by atoms with Crippen LogP contribution in [0, 0.1) is 0 Å². The van der Waals surface area contributed by atoms with Crippen molar-refractivity contribution in [2.45, 2.75) is 12.5 Å². The van der Waals surface area contributed by atoms with Crippen LogP contribution in [-0.4, -0.2) is 29.0 Å². The molecule has 0 aliphatic carbocycles. The van der Waals surface area contributed by atoms with Crippen molar-refractivity contribution in [3.8, 4) is 0 Å². The zero-order valence-corrected chi connectivity index (χ0v) is 9.25. The third-order valence-electron chi connectivity index (χ3n) is 2.02. The van der Waals surface area contributed by atoms with Crippen molar-refractivity contribution in [3.05, 3.63) is 23.2 Å². The second kappa shape index (κ2) is 4.70. The number of hydrogen-bond acceptors (Lipinski definition) is 4. The van der Waals surface area contributed by atoms with Crippen molar-refractivity contribution in [2.24, 2.45) is 0 Å². The lowest BCUT2D eigenvalue weighted by molar-refractivity contribution is 0.0132. The minimum atomic E-state index is -1.17. The van der Waals surface area contributed by atoms with E-state index in [9.17, 15) is 5.11 Å². The average Bonchev–Trinajstić information content (AvgIpc) is 2.20. The van der Waals surface area contributed by atoms with Gasteiger partial charge in [-0.05, 0) is 25.1 Å². The highest BCUT2D eigenvalue weighted by Crippen LogP contribution is 2.23. The number of nitrogens with two attached hydrogens (primary N) is 1. The maximum absolute atomic E-state index is 9.56. The van der Waals surface area contributed by atoms with Crippen molar-refractivity contribution in [3.63, 3.8) is 0 Å². The zero-order valence-electron chi connectivity index (χ0n) is 8.50. The van der Waals surface area contributed by atoms with E-state index >= 15 is 0 Å². The molecule has 1 aromatic carbocycles. The molecular weight excluding hydrogens is 216 g/mol. The molecule has 0 aromatic heterocycles. The van der Waals surface area contributed by atoms with Crippen LogP contribution >= 0.6 is 11.6 Å². The minimum Gasteiger partial charge on any atom is -0.397 e. The van der Waals surface area contributed by atoms with Gasteiger partial charge in [-0.3, -0.25) is 0 Å². The lowest BCUT2D eigenvalue weighted by atomic mass is 10.1. The number of aliphatic hydroxyl groups excluding tert-OH is 1. The van der Waals surface area contributed by atoms with Gasteiger partial charge in [-0.25, -0.2) is 0 Å². The van der Waals surface area contributed by atoms with Gasteiger partial charge < -0.3 is 21.3 Å². The van der Waals surface area contributed by atoms with Gasteiger partial charge in [0.25, 0.3) is 0 Å². The van der Waals surface area contributed by atoms with Gasteiger partial charge in [-0.1, -0.05) is 11.6 Å². The fourth-order valence-electron chi connectivity index (χ4n) is 1.02. The quantitative estimate of drug-likeness (QED) is 0.584. The fourth-order valence-corrected chi connectivity index (χ4v) is 1.20. The summed E-state index contributed by atoms with van der Waals surface area (Å²) in [6.07, 6.45) is 0. The Balaban J connectivity index is 2.69. The van der Waals surface area contributed by atoms with Gasteiger partial charge in [-0.15, -0.1) is 0 Å². The summed E-state index contributed by atoms with van der Waals surface area (Å²) >= 11 is 5.79. The molecule has 0 heterocycles. The van der Waals surface area contributed by atoms with E-state index in [4.69, 9.17) is 22.4 Å². The van der Waals surface area contributed by atoms with Gasteiger partial charge in [0.2, 0.25) is 0 Å². The summed E-state index contributed by atoms with van der Waals surface area (Å²) in [5.74, 6) is 0. The maximum Gasteiger partial charge on any atom is 0.102 e. The molecule has 0 aliphatic heterocycles. The second-order valence-corrected chi connectivity index (χ2v) is 4.18. The summed E-state index contributed by atoms with van der Waals surface area (Å²) < 4.78 is 0. The average molecular weight is 231 g/mol. The number of hydrogen-bond donors (Lipinski definition) is 4. The Morgan fingerprint density at radius 3 is 2.80 bits per heavy atom. The van der Waals surface area contributed by atoms with Gasteiger partial charge in [0, 0.05) is 11.6 Å². The predicted molar refractivity (Wildman–Crippen MR) is 62.1 cm³/mol. The first-order valence-corrected chi connectivity index (χ1v) is 4.94. The first-order valence-electron chi connectivity index (χ1n) is 4.57. The predicted octanol–water partition coefficient (Wildman–Crippen LogP) is 1.08. The van der Waals surface area contributed by atoms with Crippen LogP contribution in [0.1, 0.15) is 6.92 Å². The van der Waals surface area contributed by atoms with Crippen molar-refractivity contribution in [1.82, 2.24) is 0 Å². The molecular formula is C10H15ClN2O2. The molecule has 0 bridgehead atoms. The molecule has 5 heteroatoms. The number of nitrogens with one attached hydrogen (secondary N) is 1. The van der Waals surface area contributed by atoms with Crippen molar-refractivity contribution >= 4 is 23.0 Å². The topological polar surface area (TPSA) is 78.5 Å². The Morgan fingerprint density at radius 2 is 2.20 bits per heavy atom. The molecule has 1 unspecified atom stereocenters. The van der Waals surface area contributed by atoms with Crippen LogP contribution < -0.4 is 11.1 Å². The van der Waals surface area contributed by atoms with Crippen LogP contribution in [0.4, 0.5) is 11.4 Å². The van der Waals surface area contributed by atoms with Gasteiger partial charge in [-0.2, -0.15) is 0 Å². The summed E-state index contributed by atoms with van der Waals surface area (Å²) in [5.41, 5.74) is 5.72. The van der Waals surface area contributed by atoms with Crippen molar-refractivity contribution in [1.29, 1.82) is 0 Å². The molecule has 84 valence electrons. The molecule has 0 spiro atoms. The first-order chi connectivity index (χ1) is 6.94. The Hall–Kier alpha value is -0.970. The molecule has 4 nitrogen and oxygen atoms in total. The van der Waals surface area contributed by atoms with Gasteiger partial charge in [0.05, 0.1) is 18.0 Å². The lowest BCUT2D eigenvalue weighted by Crippen LogP contribution is -2.37. The molecule has 0 aliphatic rings. The summed E-state index contributed by atoms with van der Waals surface area (Å²) in [7, 11) is 0. The van der Waals surface area contributed by atoms with E-state index in [1.807, 2.05) is 0 Å². The highest BCUT2D eigenvalue weighted by Gasteiger charge is 2.18. The van der Waals surface area contributed by atoms with Crippen LogP contribution in [0.25, 0.3) is 0 Å². The minimum absolute atomic E-state index is 0.202. The SMILES string of the molecule is CC(O)(CO)CNc1cc(Cl)ccc1N. The van der Waals surface area contributed by atoms with E-state index < -0.39 is 5.60 Å². The molecule has 1 atom stereocenters. The van der Waals surface area contributed by atoms with Crippen LogP contribution in [-0.2, 0) is 0 Å². The summed E-state index contributed by atoms with van der Waals surface area (Å²) in [6.45, 7) is 1.41. The van der Waals surface area contributed by atoms with Gasteiger partial charge >= 0.3 is 0 Å². The van der Waals surface area contributed by atoms with Gasteiger partial charge in [0.15, 0.2) is 0 Å².